The van der Waals surface area contributed by atoms with Gasteiger partial charge in [0.25, 0.3) is 29.5 Å². The summed E-state index contributed by atoms with van der Waals surface area (Å²) in [5.41, 5.74) is 16.6. The number of Topliss-reactive ketones (excluding diaryl/α,β-unsaturated/α-hetero) is 2. The van der Waals surface area contributed by atoms with Gasteiger partial charge in [-0.3, -0.25) is 33.6 Å². The molecule has 0 aliphatic carbocycles. The number of nitrogens with zero attached hydrogens (tertiary/aromatic N) is 2. The Bertz CT molecular complexity index is 4470. The van der Waals surface area contributed by atoms with Gasteiger partial charge in [0, 0.05) is 82.2 Å². The number of hydrogen-bond acceptors (Lipinski definition) is 25. The maximum atomic E-state index is 12.5. The van der Waals surface area contributed by atoms with Gasteiger partial charge >= 0.3 is 48.3 Å². The number of hydrogen-bond donors (Lipinski definition) is 8. The van der Waals surface area contributed by atoms with E-state index in [9.17, 15) is 77.0 Å². The van der Waals surface area contributed by atoms with E-state index in [2.05, 4.69) is 21.3 Å². The van der Waals surface area contributed by atoms with E-state index in [1.54, 1.807) is 50.2 Å². The second-order valence-corrected chi connectivity index (χ2v) is 29.8. The van der Waals surface area contributed by atoms with Crippen LogP contribution in [0, 0.1) is 23.7 Å². The number of hydroxylamine groups is 4. The molecule has 0 radical (unpaired) electrons. The van der Waals surface area contributed by atoms with Crippen molar-refractivity contribution in [3.63, 3.8) is 0 Å². The predicted octanol–water partition coefficient (Wildman–Crippen LogP) is 13.5. The lowest BCUT2D eigenvalue weighted by Gasteiger charge is -2.16. The number of carboxylic acids is 2. The summed E-state index contributed by atoms with van der Waals surface area (Å²) in [5, 5.41) is 29.8. The van der Waals surface area contributed by atoms with Crippen molar-refractivity contribution in [3.8, 4) is 17.2 Å². The summed E-state index contributed by atoms with van der Waals surface area (Å²) in [5.74, 6) is -5.92. The first-order valence-corrected chi connectivity index (χ1v) is 41.9. The van der Waals surface area contributed by atoms with Crippen LogP contribution in [0.15, 0.2) is 176 Å². The fraction of sp³-hybridized carbons (Fsp3) is 0.394. The molecule has 4 atom stereocenters. The fourth-order valence-corrected chi connectivity index (χ4v) is 12.1. The van der Waals surface area contributed by atoms with Gasteiger partial charge in [0.2, 0.25) is 0 Å². The standard InChI is InChI=1S/C24H30N2O5.C24H29NO6.2C19H24N2O6.C8H9NO3/c1-17(21(27)15-19-11-12-22(30-2)20(14-19)23(25)28)8-6-7-13-26-24(29)31-16-18-9-4-3-5-10-18;1-17(21(26)15-19-11-12-22(30-2)20(14-19)23(27)28)8-6-7-13-25-24(29)31-16-18-9-4-3-5-10-18;2*1-14(18(24)27-21-16(22)10-11-17(21)23)7-5-6-12-20-19(25)26-13-15-8-3-2-4-9-15;1-12-7-3-2-5(9)4-6(7)8(10)11/h3-5,9-12,14,17H,6-8,13,15-16H2,1-2H3,(H2,25,28)(H,26,29);3-5,9-12,14,17H,6-8,13,15-16H2,1-2H3,(H,25,29)(H,27,28);2*2-4,8-9,14H,5-7,10-13H2,1H3,(H,20,25);2-4H,9H2,1H3,(H,10,11)/t2*17-;2*14-;/m0000./s1. The van der Waals surface area contributed by atoms with Crippen LogP contribution in [0.2, 0.25) is 0 Å². The molecule has 10 N–H and O–H groups in total. The van der Waals surface area contributed by atoms with Crippen LogP contribution in [0.4, 0.5) is 24.9 Å². The zero-order valence-electron chi connectivity index (χ0n) is 73.2. The molecule has 9 rings (SSSR count). The van der Waals surface area contributed by atoms with Crippen molar-refractivity contribution >= 4 is 95.0 Å². The number of anilines is 1. The number of carboxylic acid groups (broad SMARTS) is 2. The highest BCUT2D eigenvalue weighted by atomic mass is 16.7. The topological polar surface area (TPSA) is 486 Å². The Morgan fingerprint density at radius 2 is 0.617 bits per heavy atom. The third-order valence-electron chi connectivity index (χ3n) is 19.7. The number of aromatic carboxylic acids is 2. The average molecular weight is 1770 g/mol. The van der Waals surface area contributed by atoms with Gasteiger partial charge in [-0.2, -0.15) is 0 Å². The number of ketones is 2. The molecule has 2 saturated heterocycles. The van der Waals surface area contributed by atoms with Crippen molar-refractivity contribution in [1.29, 1.82) is 0 Å². The van der Waals surface area contributed by atoms with Crippen molar-refractivity contribution in [2.75, 3.05) is 53.2 Å². The first-order valence-electron chi connectivity index (χ1n) is 41.9. The molecular formula is C94H116N8O26. The maximum absolute atomic E-state index is 12.5. The minimum Gasteiger partial charge on any atom is -0.496 e. The first kappa shape index (κ1) is 104. The summed E-state index contributed by atoms with van der Waals surface area (Å²) in [7, 11) is 4.29. The SMILES string of the molecule is COc1ccc(CC(=O)[C@@H](C)CCCCNC(=O)OCc2ccccc2)cc1C(=O)O.COc1ccc(CC(=O)[C@@H](C)CCCCNC(=O)OCc2ccccc2)cc1C(N)=O.COc1ccc(N)cc1C(=O)O.C[C@@H](CCCCNC(=O)OCc1ccccc1)C(=O)ON1C(=O)CCC1=O.C[C@@H](CCCCNC(=O)OCc1ccccc1)C(=O)ON1C(=O)CCC1=O. The summed E-state index contributed by atoms with van der Waals surface area (Å²) in [6.07, 6.45) is 7.07. The molecule has 2 fully saturated rings. The molecule has 34 nitrogen and oxygen atoms in total. The third kappa shape index (κ3) is 40.2. The lowest BCUT2D eigenvalue weighted by molar-refractivity contribution is -0.200. The largest absolute Gasteiger partial charge is 0.496 e. The van der Waals surface area contributed by atoms with Crippen molar-refractivity contribution in [1.82, 2.24) is 31.4 Å². The Balaban J connectivity index is 0.000000290. The Labute approximate surface area is 743 Å². The molecular weight excluding hydrogens is 1660 g/mol. The number of benzene rings is 7. The quantitative estimate of drug-likeness (QED) is 0.00761. The first-order chi connectivity index (χ1) is 61.4. The minimum atomic E-state index is -1.09. The van der Waals surface area contributed by atoms with Crippen LogP contribution in [-0.2, 0) is 106 Å². The molecule has 0 bridgehead atoms. The number of methoxy groups -OCH3 is 3. The van der Waals surface area contributed by atoms with Gasteiger partial charge in [-0.15, -0.1) is 10.1 Å². The number of nitrogens with two attached hydrogens (primary N) is 2. The summed E-state index contributed by atoms with van der Waals surface area (Å²) in [4.78, 5) is 184. The molecule has 9 amide bonds. The van der Waals surface area contributed by atoms with Gasteiger partial charge in [-0.05, 0) is 127 Å². The summed E-state index contributed by atoms with van der Waals surface area (Å²) >= 11 is 0. The van der Waals surface area contributed by atoms with Crippen molar-refractivity contribution < 1.29 is 125 Å². The van der Waals surface area contributed by atoms with Crippen LogP contribution in [0.25, 0.3) is 0 Å². The molecule has 2 heterocycles. The van der Waals surface area contributed by atoms with Gasteiger partial charge in [0.1, 0.15) is 66.4 Å². The second-order valence-electron chi connectivity index (χ2n) is 29.8. The van der Waals surface area contributed by atoms with Gasteiger partial charge < -0.3 is 85.8 Å². The molecule has 0 saturated carbocycles. The number of carbonyl (C=O) groups excluding carboxylic acids is 13. The zero-order chi connectivity index (χ0) is 93.7. The van der Waals surface area contributed by atoms with E-state index in [1.807, 2.05) is 135 Å². The van der Waals surface area contributed by atoms with Gasteiger partial charge in [0.05, 0.1) is 38.7 Å². The average Bonchev–Trinajstić information content (AvgIpc) is 1.54. The maximum Gasteiger partial charge on any atom is 0.407 e. The normalized spacial score (nSPS) is 12.6. The molecule has 7 aromatic rings. The molecule has 0 spiro atoms. The molecule has 2 aliphatic heterocycles. The van der Waals surface area contributed by atoms with Crippen LogP contribution < -0.4 is 46.9 Å². The molecule has 0 unspecified atom stereocenters. The fourth-order valence-electron chi connectivity index (χ4n) is 12.1. The highest BCUT2D eigenvalue weighted by molar-refractivity contribution is 6.02. The van der Waals surface area contributed by atoms with E-state index in [0.717, 1.165) is 59.9 Å². The summed E-state index contributed by atoms with van der Waals surface area (Å²) < 4.78 is 35.5. The van der Waals surface area contributed by atoms with Crippen LogP contribution >= 0.6 is 0 Å². The van der Waals surface area contributed by atoms with Crippen LogP contribution in [0.1, 0.15) is 195 Å². The Hall–Kier alpha value is -14.2. The number of carbonyl (C=O) groups is 15. The number of nitrogen functional groups attached to an aromatic ring is 1. The summed E-state index contributed by atoms with van der Waals surface area (Å²) in [6, 6.07) is 52.0. The smallest absolute Gasteiger partial charge is 0.407 e. The predicted molar refractivity (Wildman–Crippen MR) is 468 cm³/mol. The van der Waals surface area contributed by atoms with Gasteiger partial charge in [-0.25, -0.2) is 38.4 Å². The van der Waals surface area contributed by atoms with Gasteiger partial charge in [-0.1, -0.05) is 187 Å². The van der Waals surface area contributed by atoms with Crippen LogP contribution in [-0.4, -0.2) is 157 Å². The van der Waals surface area contributed by atoms with E-state index in [0.29, 0.717) is 104 Å². The number of nitrogens with one attached hydrogen (secondary N) is 4. The van der Waals surface area contributed by atoms with Crippen molar-refractivity contribution in [2.45, 2.75) is 170 Å². The van der Waals surface area contributed by atoms with E-state index in [4.69, 9.17) is 59.4 Å². The lowest BCUT2D eigenvalue weighted by atomic mass is 9.94. The third-order valence-corrected chi connectivity index (χ3v) is 19.7. The molecule has 34 heteroatoms. The number of unbranched alkanes of at least 4 members (excludes halogenated alkanes) is 4. The van der Waals surface area contributed by atoms with Crippen LogP contribution in [0.3, 0.4) is 0 Å². The zero-order valence-corrected chi connectivity index (χ0v) is 73.2. The van der Waals surface area contributed by atoms with Crippen LogP contribution in [0.5, 0.6) is 17.2 Å². The number of amides is 9. The lowest BCUT2D eigenvalue weighted by Crippen LogP contribution is -2.34. The van der Waals surface area contributed by atoms with Crippen molar-refractivity contribution in [2.24, 2.45) is 29.4 Å². The Kier molecular flexibility index (Phi) is 47.3. The monoisotopic (exact) mass is 1770 g/mol. The molecule has 2 aliphatic rings. The van der Waals surface area contributed by atoms with E-state index >= 15 is 0 Å². The number of imide groups is 2. The minimum absolute atomic E-state index is 0.0469. The number of rotatable bonds is 44. The van der Waals surface area contributed by atoms with E-state index in [1.165, 1.54) is 39.5 Å². The Morgan fingerprint density at radius 1 is 0.352 bits per heavy atom. The molecule has 7 aromatic carbocycles. The number of primary amides is 1. The molecule has 0 aromatic heterocycles. The molecule has 128 heavy (non-hydrogen) atoms. The summed E-state index contributed by atoms with van der Waals surface area (Å²) in [6.45, 7) is 9.83. The molecule has 688 valence electrons. The highest BCUT2D eigenvalue weighted by Crippen LogP contribution is 2.26. The second kappa shape index (κ2) is 58.1. The van der Waals surface area contributed by atoms with E-state index in [-0.39, 0.29) is 111 Å². The Morgan fingerprint density at radius 3 is 0.898 bits per heavy atom. The van der Waals surface area contributed by atoms with Gasteiger partial charge in [0.15, 0.2) is 0 Å². The highest BCUT2D eigenvalue weighted by Gasteiger charge is 2.35. The number of alkyl carbamates (subject to hydrolysis) is 4. The van der Waals surface area contributed by atoms with E-state index < -0.39 is 89.6 Å². The number of ether oxygens (including phenoxy) is 7. The van der Waals surface area contributed by atoms with Crippen molar-refractivity contribution in [3.05, 3.63) is 226 Å².